The molecule has 0 saturated carbocycles. The molecule has 224 valence electrons. The number of fused-ring (bicyclic) bond motifs is 1. The Bertz CT molecular complexity index is 1720. The van der Waals surface area contributed by atoms with Gasteiger partial charge in [0.15, 0.2) is 0 Å². The van der Waals surface area contributed by atoms with Crippen molar-refractivity contribution in [3.63, 3.8) is 0 Å². The van der Waals surface area contributed by atoms with E-state index in [0.29, 0.717) is 18.0 Å². The molecule has 0 bridgehead atoms. The third-order valence-corrected chi connectivity index (χ3v) is 9.04. The van der Waals surface area contributed by atoms with Crippen molar-refractivity contribution < 1.29 is 4.74 Å². The van der Waals surface area contributed by atoms with Crippen LogP contribution in [0.1, 0.15) is 30.7 Å². The minimum absolute atomic E-state index is 0.279. The molecule has 0 aliphatic carbocycles. The van der Waals surface area contributed by atoms with Gasteiger partial charge in [-0.15, -0.1) is 11.3 Å². The van der Waals surface area contributed by atoms with E-state index in [9.17, 15) is 4.79 Å². The maximum absolute atomic E-state index is 13.0. The fourth-order valence-electron chi connectivity index (χ4n) is 5.10. The number of thiophene rings is 1. The Balaban J connectivity index is 1.48. The zero-order chi connectivity index (χ0) is 30.5. The number of aromatic amines is 1. The molecule has 1 aliphatic rings. The van der Waals surface area contributed by atoms with Crippen LogP contribution in [0.25, 0.3) is 27.0 Å². The molecule has 9 heteroatoms. The summed E-state index contributed by atoms with van der Waals surface area (Å²) in [7, 11) is 5.91. The Labute approximate surface area is 257 Å². The summed E-state index contributed by atoms with van der Waals surface area (Å²) in [4.78, 5) is 18.7. The SMILES string of the molecule is C=C(Nc1cccc(-c2cc(NC(/C=C3/CN(C)CCN3C)=C(C)CC)c(=O)[nH]n2)c1COC)c1cc2ccccc2s1. The van der Waals surface area contributed by atoms with Gasteiger partial charge in [0, 0.05) is 72.4 Å². The van der Waals surface area contributed by atoms with Gasteiger partial charge in [-0.2, -0.15) is 5.10 Å². The number of anilines is 2. The molecule has 0 atom stereocenters. The van der Waals surface area contributed by atoms with Gasteiger partial charge in [0.1, 0.15) is 5.69 Å². The molecule has 0 radical (unpaired) electrons. The molecule has 0 unspecified atom stereocenters. The van der Waals surface area contributed by atoms with E-state index in [1.807, 2.05) is 36.4 Å². The van der Waals surface area contributed by atoms with E-state index in [2.05, 4.69) is 89.4 Å². The van der Waals surface area contributed by atoms with Gasteiger partial charge in [-0.3, -0.25) is 9.69 Å². The fourth-order valence-corrected chi connectivity index (χ4v) is 6.09. The van der Waals surface area contributed by atoms with Crippen molar-refractivity contribution in [3.05, 3.63) is 105 Å². The summed E-state index contributed by atoms with van der Waals surface area (Å²) >= 11 is 1.70. The number of hydrogen-bond acceptors (Lipinski definition) is 8. The first-order valence-corrected chi connectivity index (χ1v) is 15.3. The van der Waals surface area contributed by atoms with Crippen LogP contribution < -0.4 is 16.2 Å². The van der Waals surface area contributed by atoms with Crippen LogP contribution in [0.15, 0.2) is 89.0 Å². The summed E-state index contributed by atoms with van der Waals surface area (Å²) in [5, 5.41) is 15.3. The number of nitrogens with zero attached hydrogens (tertiary/aromatic N) is 3. The van der Waals surface area contributed by atoms with Crippen molar-refractivity contribution in [2.75, 3.05) is 51.5 Å². The molecule has 4 aromatic rings. The van der Waals surface area contributed by atoms with Crippen LogP contribution in [0.5, 0.6) is 0 Å². The third-order valence-electron chi connectivity index (χ3n) is 7.86. The zero-order valence-electron chi connectivity index (χ0n) is 25.6. The number of benzene rings is 2. The van der Waals surface area contributed by atoms with Crippen LogP contribution in [0.3, 0.4) is 0 Å². The van der Waals surface area contributed by atoms with Crippen molar-refractivity contribution in [1.29, 1.82) is 0 Å². The Morgan fingerprint density at radius 2 is 1.93 bits per heavy atom. The van der Waals surface area contributed by atoms with E-state index in [0.717, 1.165) is 64.7 Å². The van der Waals surface area contributed by atoms with Gasteiger partial charge in [0.25, 0.3) is 5.56 Å². The Morgan fingerprint density at radius 1 is 1.12 bits per heavy atom. The van der Waals surface area contributed by atoms with Crippen LogP contribution in [0.2, 0.25) is 0 Å². The highest BCUT2D eigenvalue weighted by Gasteiger charge is 2.18. The molecule has 8 nitrogen and oxygen atoms in total. The van der Waals surface area contributed by atoms with Crippen molar-refractivity contribution in [3.8, 4) is 11.3 Å². The predicted molar refractivity (Wildman–Crippen MR) is 180 cm³/mol. The second-order valence-corrected chi connectivity index (χ2v) is 12.1. The first-order valence-electron chi connectivity index (χ1n) is 14.5. The maximum Gasteiger partial charge on any atom is 0.287 e. The van der Waals surface area contributed by atoms with Crippen LogP contribution >= 0.6 is 11.3 Å². The molecule has 2 aromatic heterocycles. The number of nitrogens with one attached hydrogen (secondary N) is 3. The molecule has 43 heavy (non-hydrogen) atoms. The molecule has 3 N–H and O–H groups in total. The molecule has 0 spiro atoms. The highest BCUT2D eigenvalue weighted by atomic mass is 32.1. The second kappa shape index (κ2) is 13.4. The van der Waals surface area contributed by atoms with E-state index in [-0.39, 0.29) is 5.56 Å². The third kappa shape index (κ3) is 6.91. The van der Waals surface area contributed by atoms with Crippen molar-refractivity contribution in [2.45, 2.75) is 26.9 Å². The summed E-state index contributed by atoms with van der Waals surface area (Å²) in [6.07, 6.45) is 3.02. The topological polar surface area (TPSA) is 85.5 Å². The van der Waals surface area contributed by atoms with Gasteiger partial charge in [0.05, 0.1) is 17.2 Å². The Morgan fingerprint density at radius 3 is 2.70 bits per heavy atom. The molecular formula is C34H40N6O2S. The number of aromatic nitrogens is 2. The van der Waals surface area contributed by atoms with Crippen LogP contribution in [0, 0.1) is 0 Å². The van der Waals surface area contributed by atoms with Crippen LogP contribution in [-0.2, 0) is 11.3 Å². The minimum Gasteiger partial charge on any atom is -0.380 e. The first-order chi connectivity index (χ1) is 20.8. The molecule has 2 aromatic carbocycles. The number of methoxy groups -OCH3 is 1. The summed E-state index contributed by atoms with van der Waals surface area (Å²) in [6, 6.07) is 18.3. The quantitative estimate of drug-likeness (QED) is 0.187. The zero-order valence-corrected chi connectivity index (χ0v) is 26.4. The maximum atomic E-state index is 13.0. The standard InChI is InChI=1S/C34H40N6O2S/c1-7-22(2)29(18-25-20-39(4)15-16-40(25)5)36-31-19-30(37-38-34(31)41)26-12-10-13-28(27(26)21-42-6)35-23(3)33-17-24-11-8-9-14-32(24)43-33/h8-14,17-19,35H,3,7,15-16,20-21H2,1-2,4-6H3,(H,36,37)(H,38,41)/b25-18-,29-22?. The first kappa shape index (κ1) is 30.3. The average Bonchev–Trinajstić information content (AvgIpc) is 3.45. The molecule has 1 fully saturated rings. The van der Waals surface area contributed by atoms with E-state index in [4.69, 9.17) is 4.74 Å². The Hall–Kier alpha value is -4.18. The fraction of sp³-hybridized carbons (Fsp3) is 0.294. The largest absolute Gasteiger partial charge is 0.380 e. The van der Waals surface area contributed by atoms with Gasteiger partial charge in [-0.1, -0.05) is 49.4 Å². The number of allylic oxidation sites excluding steroid dienone is 2. The highest BCUT2D eigenvalue weighted by Crippen LogP contribution is 2.34. The summed E-state index contributed by atoms with van der Waals surface area (Å²) in [6.45, 7) is 11.7. The molecular weight excluding hydrogens is 556 g/mol. The van der Waals surface area contributed by atoms with E-state index in [1.54, 1.807) is 18.4 Å². The smallest absolute Gasteiger partial charge is 0.287 e. The minimum atomic E-state index is -0.279. The lowest BCUT2D eigenvalue weighted by Crippen LogP contribution is -2.40. The van der Waals surface area contributed by atoms with Gasteiger partial charge >= 0.3 is 0 Å². The summed E-state index contributed by atoms with van der Waals surface area (Å²) in [5.41, 5.74) is 7.56. The monoisotopic (exact) mass is 596 g/mol. The van der Waals surface area contributed by atoms with E-state index >= 15 is 0 Å². The van der Waals surface area contributed by atoms with Crippen molar-refractivity contribution in [1.82, 2.24) is 20.0 Å². The van der Waals surface area contributed by atoms with Gasteiger partial charge < -0.3 is 20.3 Å². The molecule has 1 aliphatic heterocycles. The molecule has 1 saturated heterocycles. The molecule has 0 amide bonds. The average molecular weight is 597 g/mol. The highest BCUT2D eigenvalue weighted by molar-refractivity contribution is 7.20. The number of ether oxygens (including phenoxy) is 1. The number of piperazine rings is 1. The number of H-pyrrole nitrogens is 1. The number of likely N-dealkylation sites (N-methyl/N-ethyl adjacent to an activating group) is 2. The Kier molecular flexibility index (Phi) is 9.45. The van der Waals surface area contributed by atoms with E-state index in [1.165, 1.54) is 15.8 Å². The molecule has 3 heterocycles. The van der Waals surface area contributed by atoms with E-state index < -0.39 is 0 Å². The summed E-state index contributed by atoms with van der Waals surface area (Å²) in [5.74, 6) is 0. The van der Waals surface area contributed by atoms with Crippen LogP contribution in [0.4, 0.5) is 11.4 Å². The number of rotatable bonds is 10. The van der Waals surface area contributed by atoms with Crippen LogP contribution in [-0.4, -0.2) is 60.8 Å². The lowest BCUT2D eigenvalue weighted by molar-refractivity contribution is 0.186. The normalized spacial score (nSPS) is 15.6. The number of hydrogen-bond donors (Lipinski definition) is 3. The second-order valence-electron chi connectivity index (χ2n) is 11.0. The molecule has 5 rings (SSSR count). The lowest BCUT2D eigenvalue weighted by atomic mass is 10.0. The predicted octanol–water partition coefficient (Wildman–Crippen LogP) is 6.74. The van der Waals surface area contributed by atoms with Gasteiger partial charge in [-0.25, -0.2) is 5.10 Å². The van der Waals surface area contributed by atoms with Crippen molar-refractivity contribution >= 4 is 38.5 Å². The van der Waals surface area contributed by atoms with Crippen molar-refractivity contribution in [2.24, 2.45) is 0 Å². The van der Waals surface area contributed by atoms with Gasteiger partial charge in [-0.05, 0) is 56.1 Å². The summed E-state index contributed by atoms with van der Waals surface area (Å²) < 4.78 is 6.84. The van der Waals surface area contributed by atoms with Gasteiger partial charge in [0.2, 0.25) is 0 Å². The lowest BCUT2D eigenvalue weighted by Gasteiger charge is -2.34.